The molecule has 3 rings (SSSR count). The number of carbonyl (C=O) groups excluding carboxylic acids is 1. The van der Waals surface area contributed by atoms with E-state index in [4.69, 9.17) is 4.42 Å². The first-order valence-corrected chi connectivity index (χ1v) is 9.63. The maximum Gasteiger partial charge on any atom is 0.449 e. The fourth-order valence-corrected chi connectivity index (χ4v) is 3.59. The molecule has 1 aromatic heterocycles. The van der Waals surface area contributed by atoms with E-state index < -0.39 is 11.9 Å². The molecule has 0 aliphatic carbocycles. The molecule has 30 heavy (non-hydrogen) atoms. The number of carbonyl (C=O) groups is 1. The highest BCUT2D eigenvalue weighted by Crippen LogP contribution is 2.31. The van der Waals surface area contributed by atoms with Crippen molar-refractivity contribution in [1.82, 2.24) is 4.90 Å². The molecule has 0 bridgehead atoms. The number of furan rings is 1. The van der Waals surface area contributed by atoms with Crippen molar-refractivity contribution >= 4 is 5.91 Å². The molecule has 3 nitrogen and oxygen atoms in total. The van der Waals surface area contributed by atoms with Crippen LogP contribution in [0.4, 0.5) is 13.2 Å². The lowest BCUT2D eigenvalue weighted by molar-refractivity contribution is -0.153. The van der Waals surface area contributed by atoms with Gasteiger partial charge in [-0.3, -0.25) is 4.79 Å². The van der Waals surface area contributed by atoms with Gasteiger partial charge in [0.15, 0.2) is 0 Å². The zero-order valence-corrected chi connectivity index (χ0v) is 17.4. The summed E-state index contributed by atoms with van der Waals surface area (Å²) in [6, 6.07) is 13.7. The fourth-order valence-electron chi connectivity index (χ4n) is 3.59. The highest BCUT2D eigenvalue weighted by molar-refractivity contribution is 5.97. The first-order valence-electron chi connectivity index (χ1n) is 9.63. The number of hydrogen-bond donors (Lipinski definition) is 0. The molecule has 0 atom stereocenters. The molecule has 0 fully saturated rings. The maximum atomic E-state index is 13.4. The van der Waals surface area contributed by atoms with E-state index >= 15 is 0 Å². The smallest absolute Gasteiger partial charge is 0.449 e. The van der Waals surface area contributed by atoms with Crippen molar-refractivity contribution in [2.45, 2.75) is 47.0 Å². The lowest BCUT2D eigenvalue weighted by Crippen LogP contribution is -2.31. The predicted octanol–water partition coefficient (Wildman–Crippen LogP) is 6.37. The van der Waals surface area contributed by atoms with Gasteiger partial charge in [-0.15, -0.1) is 0 Å². The van der Waals surface area contributed by atoms with Gasteiger partial charge in [-0.1, -0.05) is 47.5 Å². The molecular formula is C24H24F3NO2. The van der Waals surface area contributed by atoms with Gasteiger partial charge < -0.3 is 9.32 Å². The Labute approximate surface area is 174 Å². The van der Waals surface area contributed by atoms with Gasteiger partial charge in [0.1, 0.15) is 5.76 Å². The number of rotatable bonds is 5. The van der Waals surface area contributed by atoms with Crippen LogP contribution in [0.15, 0.2) is 52.9 Å². The van der Waals surface area contributed by atoms with E-state index in [1.54, 1.807) is 0 Å². The molecule has 0 N–H and O–H groups in total. The lowest BCUT2D eigenvalue weighted by atomic mass is 9.98. The van der Waals surface area contributed by atoms with Crippen molar-refractivity contribution in [1.29, 1.82) is 0 Å². The molecule has 0 aliphatic heterocycles. The zero-order chi connectivity index (χ0) is 22.1. The Balaban J connectivity index is 1.95. The summed E-state index contributed by atoms with van der Waals surface area (Å²) in [6.45, 7) is 7.86. The third-order valence-corrected chi connectivity index (χ3v) is 4.96. The van der Waals surface area contributed by atoms with Crippen molar-refractivity contribution in [3.63, 3.8) is 0 Å². The second-order valence-corrected chi connectivity index (χ2v) is 7.68. The Kier molecular flexibility index (Phi) is 6.06. The highest BCUT2D eigenvalue weighted by atomic mass is 19.4. The molecule has 0 unspecified atom stereocenters. The molecule has 0 radical (unpaired) electrons. The summed E-state index contributed by atoms with van der Waals surface area (Å²) in [5, 5.41) is 0. The Morgan fingerprint density at radius 1 is 0.867 bits per heavy atom. The van der Waals surface area contributed by atoms with Gasteiger partial charge in [-0.2, -0.15) is 13.2 Å². The lowest BCUT2D eigenvalue weighted by Gasteiger charge is -2.24. The van der Waals surface area contributed by atoms with Crippen molar-refractivity contribution in [3.8, 4) is 0 Å². The predicted molar refractivity (Wildman–Crippen MR) is 109 cm³/mol. The average molecular weight is 415 g/mol. The van der Waals surface area contributed by atoms with Gasteiger partial charge >= 0.3 is 6.18 Å². The number of nitrogens with zero attached hydrogens (tertiary/aromatic N) is 1. The number of aryl methyl sites for hydroxylation is 4. The molecule has 0 saturated carbocycles. The third kappa shape index (κ3) is 4.93. The first kappa shape index (κ1) is 21.7. The van der Waals surface area contributed by atoms with E-state index in [0.29, 0.717) is 5.56 Å². The van der Waals surface area contributed by atoms with Gasteiger partial charge in [0.05, 0.1) is 6.54 Å². The molecule has 1 heterocycles. The van der Waals surface area contributed by atoms with Gasteiger partial charge in [-0.05, 0) is 56.5 Å². The van der Waals surface area contributed by atoms with Crippen LogP contribution >= 0.6 is 0 Å². The molecular weight excluding hydrogens is 391 g/mol. The number of halogens is 3. The Morgan fingerprint density at radius 3 is 2.00 bits per heavy atom. The first-order chi connectivity index (χ1) is 14.0. The molecule has 0 saturated heterocycles. The highest BCUT2D eigenvalue weighted by Gasteiger charge is 2.35. The standard InChI is InChI=1S/C24H24F3NO2/c1-15-5-7-19(8-6-15)13-28(14-20-9-10-21(30-20)24(25,26)27)23(29)22-17(3)11-16(2)12-18(22)4/h5-12H,13-14H2,1-4H3. The van der Waals surface area contributed by atoms with Gasteiger partial charge in [0.25, 0.3) is 5.91 Å². The fraction of sp³-hybridized carbons (Fsp3) is 0.292. The van der Waals surface area contributed by atoms with E-state index in [0.717, 1.165) is 33.9 Å². The molecule has 1 amide bonds. The van der Waals surface area contributed by atoms with Crippen LogP contribution in [0, 0.1) is 27.7 Å². The summed E-state index contributed by atoms with van der Waals surface area (Å²) >= 11 is 0. The monoisotopic (exact) mass is 415 g/mol. The number of amides is 1. The average Bonchev–Trinajstić information content (AvgIpc) is 3.11. The summed E-state index contributed by atoms with van der Waals surface area (Å²) in [5.41, 5.74) is 5.26. The maximum absolute atomic E-state index is 13.4. The van der Waals surface area contributed by atoms with Crippen molar-refractivity contribution < 1.29 is 22.4 Å². The largest absolute Gasteiger partial charge is 0.455 e. The second-order valence-electron chi connectivity index (χ2n) is 7.68. The summed E-state index contributed by atoms with van der Waals surface area (Å²) < 4.78 is 43.7. The van der Waals surface area contributed by atoms with Gasteiger partial charge in [0, 0.05) is 12.1 Å². The van der Waals surface area contributed by atoms with Crippen molar-refractivity contribution in [2.75, 3.05) is 0 Å². The minimum Gasteiger partial charge on any atom is -0.455 e. The Hall–Kier alpha value is -3.02. The van der Waals surface area contributed by atoms with Crippen LogP contribution in [-0.4, -0.2) is 10.8 Å². The van der Waals surface area contributed by atoms with Crippen LogP contribution in [0.25, 0.3) is 0 Å². The molecule has 6 heteroatoms. The molecule has 0 aliphatic rings. The Morgan fingerprint density at radius 2 is 1.47 bits per heavy atom. The molecule has 3 aromatic rings. The molecule has 158 valence electrons. The normalized spacial score (nSPS) is 11.6. The Bertz CT molecular complexity index is 1030. The van der Waals surface area contributed by atoms with Crippen LogP contribution in [0.3, 0.4) is 0 Å². The van der Waals surface area contributed by atoms with Crippen molar-refractivity contribution in [3.05, 3.63) is 93.4 Å². The van der Waals surface area contributed by atoms with E-state index in [1.807, 2.05) is 64.1 Å². The summed E-state index contributed by atoms with van der Waals surface area (Å²) in [7, 11) is 0. The number of hydrogen-bond acceptors (Lipinski definition) is 2. The van der Waals surface area contributed by atoms with Crippen molar-refractivity contribution in [2.24, 2.45) is 0 Å². The third-order valence-electron chi connectivity index (χ3n) is 4.96. The van der Waals surface area contributed by atoms with E-state index in [1.165, 1.54) is 11.0 Å². The number of benzene rings is 2. The van der Waals surface area contributed by atoms with E-state index in [9.17, 15) is 18.0 Å². The molecule has 0 spiro atoms. The minimum atomic E-state index is -4.56. The van der Waals surface area contributed by atoms with Gasteiger partial charge in [0.2, 0.25) is 5.76 Å². The van der Waals surface area contributed by atoms with E-state index in [-0.39, 0.29) is 24.8 Å². The SMILES string of the molecule is Cc1ccc(CN(Cc2ccc(C(F)(F)F)o2)C(=O)c2c(C)cc(C)cc2C)cc1. The summed E-state index contributed by atoms with van der Waals surface area (Å²) in [6.07, 6.45) is -4.56. The zero-order valence-electron chi connectivity index (χ0n) is 17.4. The summed E-state index contributed by atoms with van der Waals surface area (Å²) in [4.78, 5) is 15.0. The molecule has 2 aromatic carbocycles. The minimum absolute atomic E-state index is 0.0600. The van der Waals surface area contributed by atoms with Crippen LogP contribution in [0.2, 0.25) is 0 Å². The van der Waals surface area contributed by atoms with E-state index in [2.05, 4.69) is 0 Å². The summed E-state index contributed by atoms with van der Waals surface area (Å²) in [5.74, 6) is -1.22. The van der Waals surface area contributed by atoms with Crippen LogP contribution in [0.5, 0.6) is 0 Å². The second kappa shape index (κ2) is 8.38. The van der Waals surface area contributed by atoms with Gasteiger partial charge in [-0.25, -0.2) is 0 Å². The quantitative estimate of drug-likeness (QED) is 0.485. The topological polar surface area (TPSA) is 33.5 Å². The number of alkyl halides is 3. The van der Waals surface area contributed by atoms with Crippen LogP contribution in [0.1, 0.15) is 49.7 Å². The van der Waals surface area contributed by atoms with Crippen LogP contribution < -0.4 is 0 Å². The van der Waals surface area contributed by atoms with Crippen LogP contribution in [-0.2, 0) is 19.3 Å².